The maximum Gasteiger partial charge on any atom is 0.361 e. The van der Waals surface area contributed by atoms with Crippen molar-refractivity contribution in [3.05, 3.63) is 158 Å². The summed E-state index contributed by atoms with van der Waals surface area (Å²) in [5, 5.41) is 9.73. The molecule has 0 spiro atoms. The van der Waals surface area contributed by atoms with Crippen LogP contribution in [0.5, 0.6) is 0 Å². The Bertz CT molecular complexity index is 1920. The molecule has 2 atom stereocenters. The quantitative estimate of drug-likeness (QED) is 0.0211. The van der Waals surface area contributed by atoms with E-state index < -0.39 is 24.3 Å². The van der Waals surface area contributed by atoms with Crippen LogP contribution in [-0.2, 0) is 33.3 Å². The van der Waals surface area contributed by atoms with E-state index in [9.17, 15) is 19.5 Å². The summed E-state index contributed by atoms with van der Waals surface area (Å²) in [6, 6.07) is 0. The van der Waals surface area contributed by atoms with Gasteiger partial charge in [-0.3, -0.25) is 9.59 Å². The zero-order valence-electron chi connectivity index (χ0n) is 53.3. The molecule has 0 amide bonds. The largest absolute Gasteiger partial charge is 0.477 e. The highest BCUT2D eigenvalue weighted by atomic mass is 16.7. The third kappa shape index (κ3) is 64.3. The molecule has 9 nitrogen and oxygen atoms in total. The number of quaternary nitrogens is 1. The summed E-state index contributed by atoms with van der Waals surface area (Å²) in [6.45, 7) is 4.61. The predicted molar refractivity (Wildman–Crippen MR) is 354 cm³/mol. The van der Waals surface area contributed by atoms with Gasteiger partial charge in [-0.05, 0) is 122 Å². The molecule has 0 aromatic heterocycles. The first-order valence-corrected chi connectivity index (χ1v) is 32.6. The Kier molecular flexibility index (Phi) is 59.1. The van der Waals surface area contributed by atoms with Crippen molar-refractivity contribution < 1.29 is 42.9 Å². The van der Waals surface area contributed by atoms with Crippen molar-refractivity contribution in [3.63, 3.8) is 0 Å². The second-order valence-corrected chi connectivity index (χ2v) is 22.3. The van der Waals surface area contributed by atoms with Gasteiger partial charge in [0, 0.05) is 12.8 Å². The van der Waals surface area contributed by atoms with Crippen LogP contribution in [-0.4, -0.2) is 87.4 Å². The van der Waals surface area contributed by atoms with Crippen molar-refractivity contribution in [2.45, 2.75) is 245 Å². The van der Waals surface area contributed by atoms with Crippen molar-refractivity contribution in [2.75, 3.05) is 47.5 Å². The molecule has 0 aliphatic heterocycles. The Hall–Kier alpha value is -5.09. The number of ether oxygens (including phenoxy) is 4. The fourth-order valence-corrected chi connectivity index (χ4v) is 8.35. The first-order valence-electron chi connectivity index (χ1n) is 32.6. The van der Waals surface area contributed by atoms with E-state index in [-0.39, 0.29) is 38.6 Å². The third-order valence-electron chi connectivity index (χ3n) is 13.3. The SMILES string of the molecule is CC/C=C\C/C=C\C/C=C\C/C=C\C/C=C\C/C=C\C/C=C\C/C=C\CCCCCCCCCCCCC(=O)OC(COC(=O)CCCCCCCCC/C=C\C/C=C\C/C=C\C/C=C\C/C=C\CC)COC(OCC[N+](C)(C)C)C(=O)O. The number of hydrogen-bond donors (Lipinski definition) is 1. The number of carboxylic acids is 1. The molecule has 0 saturated carbocycles. The Morgan fingerprint density at radius 1 is 0.361 bits per heavy atom. The average Bonchev–Trinajstić information content (AvgIpc) is 3.46. The smallest absolute Gasteiger partial charge is 0.361 e. The molecule has 468 valence electrons. The molecule has 0 rings (SSSR count). The highest BCUT2D eigenvalue weighted by molar-refractivity contribution is 5.71. The monoisotopic (exact) mass is 1150 g/mol. The summed E-state index contributed by atoms with van der Waals surface area (Å²) in [5.41, 5.74) is 0. The number of allylic oxidation sites excluding steroid dienone is 26. The standard InChI is InChI=1S/C74H119NO8/c1-6-8-10-12-14-16-18-20-22-24-26-28-30-31-32-33-34-35-36-37-38-39-40-41-43-45-47-49-51-53-55-57-59-61-63-65-72(77)83-70(69-82-74(73(78)79)80-67-66-75(3,4)5)68-81-71(76)64-62-60-58-56-54-52-50-48-46-44-42-29-27-25-23-21-19-17-15-13-11-9-7-2/h8-11,14-17,20-23,26-29,31-32,34-35,37-38,40-41,44,46,70,74H,6-7,12-13,18-19,24-25,30,33,36,39,42-43,45,47-69H2,1-5H3/p+1/b10-8-,11-9-,16-14-,17-15-,22-20-,23-21-,28-26-,29-27-,32-31-,35-34-,38-37-,41-40-,46-44-. The maximum absolute atomic E-state index is 12.9. The fourth-order valence-electron chi connectivity index (χ4n) is 8.35. The van der Waals surface area contributed by atoms with Crippen LogP contribution in [0.3, 0.4) is 0 Å². The topological polar surface area (TPSA) is 108 Å². The lowest BCUT2D eigenvalue weighted by Gasteiger charge is -2.25. The number of hydrogen-bond acceptors (Lipinski definition) is 7. The molecule has 0 aliphatic rings. The zero-order valence-corrected chi connectivity index (χ0v) is 53.3. The summed E-state index contributed by atoms with van der Waals surface area (Å²) >= 11 is 0. The fraction of sp³-hybridized carbons (Fsp3) is 0.608. The first-order chi connectivity index (χ1) is 40.6. The molecule has 0 aromatic rings. The lowest BCUT2D eigenvalue weighted by molar-refractivity contribution is -0.870. The highest BCUT2D eigenvalue weighted by Gasteiger charge is 2.25. The van der Waals surface area contributed by atoms with Gasteiger partial charge in [-0.2, -0.15) is 0 Å². The number of esters is 2. The van der Waals surface area contributed by atoms with Gasteiger partial charge in [0.05, 0.1) is 34.4 Å². The second kappa shape index (κ2) is 62.9. The summed E-state index contributed by atoms with van der Waals surface area (Å²) in [7, 11) is 5.96. The number of likely N-dealkylation sites (N-methyl/N-ethyl adjacent to an activating group) is 1. The number of carbonyl (C=O) groups excluding carboxylic acids is 2. The molecule has 0 radical (unpaired) electrons. The van der Waals surface area contributed by atoms with Crippen LogP contribution >= 0.6 is 0 Å². The number of carbonyl (C=O) groups is 3. The van der Waals surface area contributed by atoms with Crippen molar-refractivity contribution in [1.82, 2.24) is 0 Å². The van der Waals surface area contributed by atoms with Crippen LogP contribution in [0.1, 0.15) is 232 Å². The van der Waals surface area contributed by atoms with Crippen LogP contribution in [0, 0.1) is 0 Å². The van der Waals surface area contributed by atoms with Crippen LogP contribution < -0.4 is 0 Å². The molecule has 0 fully saturated rings. The molecular weight excluding hydrogens is 1030 g/mol. The molecule has 0 saturated heterocycles. The lowest BCUT2D eigenvalue weighted by Crippen LogP contribution is -2.40. The third-order valence-corrected chi connectivity index (χ3v) is 13.3. The summed E-state index contributed by atoms with van der Waals surface area (Å²) in [6.07, 6.45) is 90.4. The first kappa shape index (κ1) is 77.9. The minimum Gasteiger partial charge on any atom is -0.477 e. The minimum atomic E-state index is -1.53. The Balaban J connectivity index is 4.24. The van der Waals surface area contributed by atoms with E-state index in [1.165, 1.54) is 57.8 Å². The van der Waals surface area contributed by atoms with Gasteiger partial charge in [0.1, 0.15) is 13.2 Å². The molecule has 9 heteroatoms. The Morgan fingerprint density at radius 3 is 0.964 bits per heavy atom. The van der Waals surface area contributed by atoms with Gasteiger partial charge in [0.15, 0.2) is 6.10 Å². The summed E-state index contributed by atoms with van der Waals surface area (Å²) in [4.78, 5) is 37.6. The van der Waals surface area contributed by atoms with Gasteiger partial charge in [-0.15, -0.1) is 0 Å². The molecule has 83 heavy (non-hydrogen) atoms. The van der Waals surface area contributed by atoms with E-state index in [1.54, 1.807) is 0 Å². The highest BCUT2D eigenvalue weighted by Crippen LogP contribution is 2.15. The van der Waals surface area contributed by atoms with Crippen molar-refractivity contribution in [3.8, 4) is 0 Å². The molecule has 0 bridgehead atoms. The van der Waals surface area contributed by atoms with Gasteiger partial charge >= 0.3 is 17.9 Å². The van der Waals surface area contributed by atoms with Crippen LogP contribution in [0.2, 0.25) is 0 Å². The van der Waals surface area contributed by atoms with Crippen LogP contribution in [0.25, 0.3) is 0 Å². The minimum absolute atomic E-state index is 0.176. The number of unbranched alkanes of at least 4 members (excludes halogenated alkanes) is 17. The van der Waals surface area contributed by atoms with Gasteiger partial charge in [0.2, 0.25) is 0 Å². The molecule has 0 aliphatic carbocycles. The van der Waals surface area contributed by atoms with Gasteiger partial charge in [-0.1, -0.05) is 255 Å². The normalized spacial score (nSPS) is 13.8. The predicted octanol–water partition coefficient (Wildman–Crippen LogP) is 20.1. The molecule has 1 N–H and O–H groups in total. The van der Waals surface area contributed by atoms with E-state index in [2.05, 4.69) is 172 Å². The van der Waals surface area contributed by atoms with Crippen molar-refractivity contribution >= 4 is 17.9 Å². The summed E-state index contributed by atoms with van der Waals surface area (Å²) < 4.78 is 22.9. The lowest BCUT2D eigenvalue weighted by atomic mass is 10.0. The van der Waals surface area contributed by atoms with E-state index in [4.69, 9.17) is 18.9 Å². The molecular formula is C74H120NO8+. The molecule has 0 aromatic carbocycles. The maximum atomic E-state index is 12.9. The van der Waals surface area contributed by atoms with E-state index in [1.807, 2.05) is 21.1 Å². The number of aliphatic carboxylic acids is 1. The Morgan fingerprint density at radius 2 is 0.651 bits per heavy atom. The second-order valence-electron chi connectivity index (χ2n) is 22.3. The zero-order chi connectivity index (χ0) is 60.5. The van der Waals surface area contributed by atoms with Gasteiger partial charge in [-0.25, -0.2) is 4.79 Å². The van der Waals surface area contributed by atoms with E-state index in [0.29, 0.717) is 17.4 Å². The van der Waals surface area contributed by atoms with Crippen molar-refractivity contribution in [2.24, 2.45) is 0 Å². The van der Waals surface area contributed by atoms with Crippen LogP contribution in [0.4, 0.5) is 0 Å². The number of nitrogens with zero attached hydrogens (tertiary/aromatic N) is 1. The van der Waals surface area contributed by atoms with E-state index >= 15 is 0 Å². The van der Waals surface area contributed by atoms with Gasteiger partial charge < -0.3 is 28.5 Å². The van der Waals surface area contributed by atoms with Crippen molar-refractivity contribution in [1.29, 1.82) is 0 Å². The molecule has 0 heterocycles. The molecule has 2 unspecified atom stereocenters. The number of rotatable bonds is 58. The Labute approximate surface area is 508 Å². The summed E-state index contributed by atoms with van der Waals surface area (Å²) in [5.74, 6) is -2.04. The number of carboxylic acid groups (broad SMARTS) is 1. The average molecular weight is 1150 g/mol. The van der Waals surface area contributed by atoms with Gasteiger partial charge in [0.25, 0.3) is 6.29 Å². The van der Waals surface area contributed by atoms with Crippen LogP contribution in [0.15, 0.2) is 158 Å². The van der Waals surface area contributed by atoms with E-state index in [0.717, 1.165) is 141 Å².